The Morgan fingerprint density at radius 2 is 1.48 bits per heavy atom. The molecular formula is C43H31N3O2. The first kappa shape index (κ1) is 27.3. The number of hydrogen-bond acceptors (Lipinski definition) is 5. The molecule has 0 saturated carbocycles. The lowest BCUT2D eigenvalue weighted by molar-refractivity contribution is 0.526. The first-order valence-corrected chi connectivity index (χ1v) is 16.8. The summed E-state index contributed by atoms with van der Waals surface area (Å²) >= 11 is 0. The molecule has 5 heteroatoms. The largest absolute Gasteiger partial charge is 0.460 e. The number of rotatable bonds is 4. The quantitative estimate of drug-likeness (QED) is 0.196. The molecule has 0 aliphatic heterocycles. The van der Waals surface area contributed by atoms with Crippen molar-refractivity contribution in [2.24, 2.45) is 0 Å². The zero-order chi connectivity index (χ0) is 31.6. The van der Waals surface area contributed by atoms with Gasteiger partial charge in [-0.1, -0.05) is 91.1 Å². The van der Waals surface area contributed by atoms with Gasteiger partial charge in [0.15, 0.2) is 11.6 Å². The molecule has 3 aliphatic rings. The number of fused-ring (bicyclic) bond motifs is 7. The molecule has 48 heavy (non-hydrogen) atoms. The predicted molar refractivity (Wildman–Crippen MR) is 193 cm³/mol. The second-order valence-corrected chi connectivity index (χ2v) is 12.9. The summed E-state index contributed by atoms with van der Waals surface area (Å²) in [6, 6.07) is 27.5. The van der Waals surface area contributed by atoms with Crippen molar-refractivity contribution in [1.29, 1.82) is 0 Å². The Kier molecular flexibility index (Phi) is 6.19. The minimum Gasteiger partial charge on any atom is -0.460 e. The van der Waals surface area contributed by atoms with Gasteiger partial charge < -0.3 is 8.83 Å². The van der Waals surface area contributed by atoms with Gasteiger partial charge in [0, 0.05) is 39.6 Å². The monoisotopic (exact) mass is 621 g/mol. The maximum atomic E-state index is 6.33. The molecule has 1 unspecified atom stereocenters. The molecule has 230 valence electrons. The number of hydrogen-bond donors (Lipinski definition) is 0. The summed E-state index contributed by atoms with van der Waals surface area (Å²) < 4.78 is 12.6. The van der Waals surface area contributed by atoms with Crippen LogP contribution >= 0.6 is 0 Å². The van der Waals surface area contributed by atoms with Crippen LogP contribution in [-0.2, 0) is 12.8 Å². The summed E-state index contributed by atoms with van der Waals surface area (Å²) in [5, 5.41) is 3.42. The van der Waals surface area contributed by atoms with Crippen LogP contribution in [0.15, 0.2) is 118 Å². The van der Waals surface area contributed by atoms with Gasteiger partial charge >= 0.3 is 0 Å². The van der Waals surface area contributed by atoms with Gasteiger partial charge in [0.05, 0.1) is 0 Å². The maximum Gasteiger partial charge on any atom is 0.163 e. The van der Waals surface area contributed by atoms with Gasteiger partial charge in [-0.3, -0.25) is 0 Å². The van der Waals surface area contributed by atoms with E-state index in [1.807, 2.05) is 24.3 Å². The van der Waals surface area contributed by atoms with Crippen LogP contribution in [0, 0.1) is 0 Å². The second kappa shape index (κ2) is 10.9. The molecule has 5 nitrogen and oxygen atoms in total. The van der Waals surface area contributed by atoms with Gasteiger partial charge in [-0.25, -0.2) is 15.0 Å². The summed E-state index contributed by atoms with van der Waals surface area (Å²) in [5.74, 6) is 3.17. The number of allylic oxidation sites excluding steroid dienone is 6. The zero-order valence-corrected chi connectivity index (χ0v) is 26.3. The summed E-state index contributed by atoms with van der Waals surface area (Å²) in [5.41, 5.74) is 10.9. The summed E-state index contributed by atoms with van der Waals surface area (Å²) in [4.78, 5) is 15.5. The average Bonchev–Trinajstić information content (AvgIpc) is 3.73. The fourth-order valence-corrected chi connectivity index (χ4v) is 7.66. The van der Waals surface area contributed by atoms with Crippen LogP contribution in [0.5, 0.6) is 0 Å². The molecule has 10 rings (SSSR count). The van der Waals surface area contributed by atoms with Gasteiger partial charge in [0.2, 0.25) is 0 Å². The Morgan fingerprint density at radius 1 is 0.667 bits per heavy atom. The number of nitrogens with zero attached hydrogens (tertiary/aromatic N) is 3. The Bertz CT molecular complexity index is 2560. The predicted octanol–water partition coefficient (Wildman–Crippen LogP) is 10.9. The van der Waals surface area contributed by atoms with Crippen molar-refractivity contribution in [3.63, 3.8) is 0 Å². The van der Waals surface area contributed by atoms with Crippen molar-refractivity contribution >= 4 is 50.6 Å². The van der Waals surface area contributed by atoms with Crippen molar-refractivity contribution < 1.29 is 8.83 Å². The van der Waals surface area contributed by atoms with E-state index in [2.05, 4.69) is 97.1 Å². The van der Waals surface area contributed by atoms with E-state index in [9.17, 15) is 0 Å². The number of aromatic nitrogens is 3. The van der Waals surface area contributed by atoms with Crippen LogP contribution in [0.3, 0.4) is 0 Å². The van der Waals surface area contributed by atoms with Crippen LogP contribution in [0.4, 0.5) is 0 Å². The van der Waals surface area contributed by atoms with Gasteiger partial charge in [-0.05, 0) is 83.8 Å². The van der Waals surface area contributed by atoms with Crippen LogP contribution in [0.25, 0.3) is 73.1 Å². The molecule has 1 atom stereocenters. The molecule has 3 heterocycles. The lowest BCUT2D eigenvalue weighted by atomic mass is 9.86. The van der Waals surface area contributed by atoms with Crippen LogP contribution in [0.2, 0.25) is 0 Å². The van der Waals surface area contributed by atoms with E-state index in [4.69, 9.17) is 23.8 Å². The third-order valence-electron chi connectivity index (χ3n) is 9.99. The van der Waals surface area contributed by atoms with Gasteiger partial charge in [0.1, 0.15) is 28.3 Å². The van der Waals surface area contributed by atoms with Crippen molar-refractivity contribution in [2.75, 3.05) is 0 Å². The standard InChI is InChI=1S/C43H31N3O2/c1-2-11-26(12-3-1)41-44-42(28-21-22-32-31-15-6-8-18-36(31)48-39(32)25-28)46-43(45-41)29-23-27-13-4-5-14-30(27)35(24-29)33-17-10-20-38-40(33)34-16-7-9-19-37(34)47-38/h1-2,4,6-11,13,15-24,28H,3,5,12,14,25H2. The summed E-state index contributed by atoms with van der Waals surface area (Å²) in [6.45, 7) is 0. The van der Waals surface area contributed by atoms with E-state index in [-0.39, 0.29) is 5.92 Å². The SMILES string of the molecule is C1=CCCC(c2nc(-c3cc4c(c(-c5cccc6oc7ccccc7c56)c3)CCC=C4)nc(C3C=Cc4c(oc5ccccc45)C3)n2)=C1. The van der Waals surface area contributed by atoms with E-state index < -0.39 is 0 Å². The third-order valence-corrected chi connectivity index (χ3v) is 9.99. The van der Waals surface area contributed by atoms with E-state index in [1.54, 1.807) is 0 Å². The molecule has 0 saturated heterocycles. The fourth-order valence-electron chi connectivity index (χ4n) is 7.66. The van der Waals surface area contributed by atoms with Crippen LogP contribution in [-0.4, -0.2) is 15.0 Å². The van der Waals surface area contributed by atoms with Gasteiger partial charge in [-0.2, -0.15) is 0 Å². The van der Waals surface area contributed by atoms with Crippen molar-refractivity contribution in [3.05, 3.63) is 143 Å². The van der Waals surface area contributed by atoms with E-state index in [1.165, 1.54) is 22.3 Å². The number of furan rings is 2. The second-order valence-electron chi connectivity index (χ2n) is 12.9. The van der Waals surface area contributed by atoms with Crippen molar-refractivity contribution in [3.8, 4) is 22.5 Å². The van der Waals surface area contributed by atoms with Crippen molar-refractivity contribution in [2.45, 2.75) is 38.0 Å². The molecule has 0 bridgehead atoms. The van der Waals surface area contributed by atoms with Gasteiger partial charge in [-0.15, -0.1) is 0 Å². The van der Waals surface area contributed by atoms with Gasteiger partial charge in [0.25, 0.3) is 0 Å². The molecule has 0 radical (unpaired) electrons. The maximum absolute atomic E-state index is 6.33. The highest BCUT2D eigenvalue weighted by molar-refractivity contribution is 6.13. The molecular weight excluding hydrogens is 590 g/mol. The molecule has 0 fully saturated rings. The van der Waals surface area contributed by atoms with Crippen molar-refractivity contribution in [1.82, 2.24) is 15.0 Å². The fraction of sp³-hybridized carbons (Fsp3) is 0.140. The minimum atomic E-state index is -0.0265. The first-order valence-electron chi connectivity index (χ1n) is 16.8. The van der Waals surface area contributed by atoms with Crippen LogP contribution in [0.1, 0.15) is 59.3 Å². The number of benzene rings is 4. The average molecular weight is 622 g/mol. The zero-order valence-electron chi connectivity index (χ0n) is 26.3. The Balaban J connectivity index is 1.16. The van der Waals surface area contributed by atoms with E-state index in [0.717, 1.165) is 92.7 Å². The highest BCUT2D eigenvalue weighted by Gasteiger charge is 2.26. The lowest BCUT2D eigenvalue weighted by Crippen LogP contribution is -2.13. The molecule has 0 N–H and O–H groups in total. The molecule has 0 spiro atoms. The first-order chi connectivity index (χ1) is 23.8. The van der Waals surface area contributed by atoms with E-state index >= 15 is 0 Å². The highest BCUT2D eigenvalue weighted by atomic mass is 16.3. The summed E-state index contributed by atoms with van der Waals surface area (Å²) in [6.07, 6.45) is 20.0. The molecule has 7 aromatic rings. The summed E-state index contributed by atoms with van der Waals surface area (Å²) in [7, 11) is 0. The molecule has 3 aliphatic carbocycles. The molecule has 0 amide bonds. The Hall–Kier alpha value is -5.81. The lowest BCUT2D eigenvalue weighted by Gasteiger charge is -2.20. The Labute approximate surface area is 277 Å². The molecule has 4 aromatic carbocycles. The number of para-hydroxylation sites is 2. The smallest absolute Gasteiger partial charge is 0.163 e. The molecule has 3 aromatic heterocycles. The van der Waals surface area contributed by atoms with Crippen LogP contribution < -0.4 is 0 Å². The third kappa shape index (κ3) is 4.42. The normalized spacial score (nSPS) is 16.8. The van der Waals surface area contributed by atoms with E-state index in [0.29, 0.717) is 12.2 Å². The Morgan fingerprint density at radius 3 is 2.38 bits per heavy atom. The minimum absolute atomic E-state index is 0.0265. The highest BCUT2D eigenvalue weighted by Crippen LogP contribution is 2.42. The topological polar surface area (TPSA) is 65.0 Å².